The van der Waals surface area contributed by atoms with Gasteiger partial charge in [-0.1, -0.05) is 0 Å². The summed E-state index contributed by atoms with van der Waals surface area (Å²) < 4.78 is 1.55. The van der Waals surface area contributed by atoms with Crippen LogP contribution in [0.1, 0.15) is 19.8 Å². The minimum absolute atomic E-state index is 0. The Bertz CT molecular complexity index is 150. The van der Waals surface area contributed by atoms with E-state index < -0.39 is 0 Å². The van der Waals surface area contributed by atoms with Crippen LogP contribution in [0.15, 0.2) is 21.6 Å². The summed E-state index contributed by atoms with van der Waals surface area (Å²) in [6.07, 6.45) is 6.84. The summed E-state index contributed by atoms with van der Waals surface area (Å²) in [5, 5.41) is 0. The zero-order valence-electron chi connectivity index (χ0n) is 5.82. The summed E-state index contributed by atoms with van der Waals surface area (Å²) >= 11 is 2.21. The molecule has 0 N–H and O–H groups in total. The fraction of sp³-hybridized carbons (Fsp3) is 0.429. The van der Waals surface area contributed by atoms with Gasteiger partial charge in [-0.05, 0) is 0 Å². The number of rotatable bonds is 1. The molecule has 0 atom stereocenters. The molecule has 0 unspecified atom stereocenters. The van der Waals surface area contributed by atoms with E-state index in [1.165, 1.54) is 18.4 Å². The van der Waals surface area contributed by atoms with E-state index >= 15 is 0 Å². The Labute approximate surface area is 95.1 Å². The Morgan fingerprint density at radius 1 is 1.50 bits per heavy atom. The van der Waals surface area contributed by atoms with Gasteiger partial charge in [-0.15, -0.1) is 0 Å². The van der Waals surface area contributed by atoms with Gasteiger partial charge in [-0.3, -0.25) is 0 Å². The van der Waals surface area contributed by atoms with Crippen molar-refractivity contribution in [1.29, 1.82) is 0 Å². The normalized spacial score (nSPS) is 14.7. The summed E-state index contributed by atoms with van der Waals surface area (Å²) in [4.78, 5) is 0. The first-order valence-corrected chi connectivity index (χ1v) is 3.73. The third-order valence-electron chi connectivity index (χ3n) is 1.41. The van der Waals surface area contributed by atoms with Crippen molar-refractivity contribution in [3.8, 4) is 0 Å². The van der Waals surface area contributed by atoms with Crippen LogP contribution in [-0.4, -0.2) is 0 Å². The van der Waals surface area contributed by atoms with Crippen molar-refractivity contribution in [3.63, 3.8) is 0 Å². The molecule has 0 spiro atoms. The summed E-state index contributed by atoms with van der Waals surface area (Å²) in [6.45, 7) is 2.20. The van der Waals surface area contributed by atoms with Gasteiger partial charge in [0.15, 0.2) is 0 Å². The topological polar surface area (TPSA) is 0 Å². The van der Waals surface area contributed by atoms with E-state index in [2.05, 4.69) is 39.5 Å². The molecule has 1 rings (SSSR count). The minimum Gasteiger partial charge on any atom is -1.00 e. The summed E-state index contributed by atoms with van der Waals surface area (Å²) in [5.41, 5.74) is 1.53. The minimum atomic E-state index is 0. The molecule has 0 fully saturated rings. The first-order chi connectivity index (χ1) is 3.84. The predicted octanol–water partition coefficient (Wildman–Crippen LogP) is -3.83. The van der Waals surface area contributed by atoms with E-state index in [-0.39, 0.29) is 34.0 Å². The molecule has 0 aromatic rings. The Balaban J connectivity index is 0. The molecule has 1 aliphatic rings. The van der Waals surface area contributed by atoms with E-state index in [1.54, 1.807) is 3.88 Å². The van der Waals surface area contributed by atoms with Crippen LogP contribution in [0.5, 0.6) is 0 Å². The van der Waals surface area contributed by atoms with Crippen molar-refractivity contribution >= 4 is 0 Å². The fourth-order valence-corrected chi connectivity index (χ4v) is 1.47. The zero-order valence-corrected chi connectivity index (χ0v) is 10.6. The molecule has 0 aromatic carbocycles. The Morgan fingerprint density at radius 2 is 2.10 bits per heavy atom. The molecule has 0 nitrogen and oxygen atoms in total. The van der Waals surface area contributed by atoms with Crippen molar-refractivity contribution in [2.45, 2.75) is 19.8 Å². The molecule has 0 aromatic heterocycles. The van der Waals surface area contributed by atoms with Crippen molar-refractivity contribution < 1.29 is 54.4 Å². The molecule has 3 heteroatoms. The summed E-state index contributed by atoms with van der Waals surface area (Å²) in [7, 11) is 0. The number of halogens is 2. The van der Waals surface area contributed by atoms with Gasteiger partial charge in [0, 0.05) is 0 Å². The Hall–Kier alpha value is 1.15. The third kappa shape index (κ3) is 3.52. The van der Waals surface area contributed by atoms with Gasteiger partial charge in [-0.25, -0.2) is 0 Å². The average Bonchev–Trinajstić information content (AvgIpc) is 2.14. The number of hydrogen-bond acceptors (Lipinski definition) is 0. The largest absolute Gasteiger partial charge is 1.00 e. The molecule has 0 aliphatic heterocycles. The Morgan fingerprint density at radius 3 is 2.30 bits per heavy atom. The van der Waals surface area contributed by atoms with Gasteiger partial charge in [0.25, 0.3) is 0 Å². The first kappa shape index (κ1) is 13.7. The van der Waals surface area contributed by atoms with Crippen LogP contribution in [0.3, 0.4) is 0 Å². The second kappa shape index (κ2) is 6.84. The standard InChI is InChI=1S/C7H9.2BrH.Ti/c1-2-7-5-3-4-6-7;;;/h3,5H,2,4H2,1H3;2*1H;/q;;;+2/p-2. The third-order valence-corrected chi connectivity index (χ3v) is 2.23. The number of hydrogen-bond donors (Lipinski definition) is 0. The van der Waals surface area contributed by atoms with Gasteiger partial charge in [0.2, 0.25) is 0 Å². The summed E-state index contributed by atoms with van der Waals surface area (Å²) in [6, 6.07) is 0. The number of allylic oxidation sites excluding steroid dienone is 4. The van der Waals surface area contributed by atoms with Gasteiger partial charge in [0.05, 0.1) is 0 Å². The van der Waals surface area contributed by atoms with E-state index in [0.29, 0.717) is 0 Å². The monoisotopic (exact) mass is 299 g/mol. The maximum atomic E-state index is 2.23. The quantitative estimate of drug-likeness (QED) is 0.435. The molecular weight excluding hydrogens is 292 g/mol. The van der Waals surface area contributed by atoms with Crippen LogP contribution in [0.2, 0.25) is 0 Å². The smallest absolute Gasteiger partial charge is 1.00 e. The molecule has 0 saturated carbocycles. The molecule has 1 aliphatic carbocycles. The van der Waals surface area contributed by atoms with Crippen LogP contribution in [0.25, 0.3) is 0 Å². The van der Waals surface area contributed by atoms with Gasteiger partial charge < -0.3 is 34.0 Å². The maximum Gasteiger partial charge on any atom is -1.00 e. The van der Waals surface area contributed by atoms with Gasteiger partial charge in [0.1, 0.15) is 0 Å². The fourth-order valence-electron chi connectivity index (χ4n) is 0.882. The van der Waals surface area contributed by atoms with Crippen LogP contribution >= 0.6 is 0 Å². The van der Waals surface area contributed by atoms with Crippen LogP contribution < -0.4 is 34.0 Å². The SMILES string of the molecule is CCC1=[C]([Ti+2])CC=C1.[Br-].[Br-]. The predicted molar refractivity (Wildman–Crippen MR) is 31.1 cm³/mol. The van der Waals surface area contributed by atoms with Crippen LogP contribution in [0.4, 0.5) is 0 Å². The molecule has 10 heavy (non-hydrogen) atoms. The van der Waals surface area contributed by atoms with E-state index in [4.69, 9.17) is 0 Å². The molecule has 0 heterocycles. The second-order valence-corrected chi connectivity index (χ2v) is 2.91. The van der Waals surface area contributed by atoms with Crippen LogP contribution in [0, 0.1) is 0 Å². The first-order valence-electron chi connectivity index (χ1n) is 2.94. The van der Waals surface area contributed by atoms with E-state index in [9.17, 15) is 0 Å². The molecule has 0 saturated heterocycles. The summed E-state index contributed by atoms with van der Waals surface area (Å²) in [5.74, 6) is 0. The zero-order chi connectivity index (χ0) is 5.98. The van der Waals surface area contributed by atoms with E-state index in [0.717, 1.165) is 0 Å². The second-order valence-electron chi connectivity index (χ2n) is 1.96. The molecule has 0 radical (unpaired) electrons. The van der Waals surface area contributed by atoms with Crippen molar-refractivity contribution in [2.75, 3.05) is 0 Å². The van der Waals surface area contributed by atoms with Gasteiger partial charge in [-0.2, -0.15) is 0 Å². The van der Waals surface area contributed by atoms with Crippen LogP contribution in [-0.2, 0) is 20.4 Å². The van der Waals surface area contributed by atoms with Crippen molar-refractivity contribution in [1.82, 2.24) is 0 Å². The molecular formula is C7H9Br2Ti. The van der Waals surface area contributed by atoms with Gasteiger partial charge >= 0.3 is 61.8 Å². The van der Waals surface area contributed by atoms with Crippen molar-refractivity contribution in [3.05, 3.63) is 21.6 Å². The molecule has 0 amide bonds. The maximum absolute atomic E-state index is 2.23. The van der Waals surface area contributed by atoms with Crippen molar-refractivity contribution in [2.24, 2.45) is 0 Å². The average molecular weight is 301 g/mol. The molecule has 55 valence electrons. The molecule has 0 bridgehead atoms. The Kier molecular flexibility index (Phi) is 9.39. The van der Waals surface area contributed by atoms with E-state index in [1.807, 2.05) is 0 Å².